The molecule has 0 radical (unpaired) electrons. The Balaban J connectivity index is 1.36. The van der Waals surface area contributed by atoms with Crippen LogP contribution in [0.4, 0.5) is 5.95 Å². The number of halogens is 1. The second-order valence-electron chi connectivity index (χ2n) is 7.45. The number of carbonyl (C=O) groups is 2. The zero-order chi connectivity index (χ0) is 21.4. The zero-order valence-corrected chi connectivity index (χ0v) is 18.3. The predicted molar refractivity (Wildman–Crippen MR) is 120 cm³/mol. The van der Waals surface area contributed by atoms with Gasteiger partial charge in [0.1, 0.15) is 0 Å². The number of thioether (sulfide) groups is 1. The van der Waals surface area contributed by atoms with Crippen LogP contribution in [0.5, 0.6) is 0 Å². The lowest BCUT2D eigenvalue weighted by molar-refractivity contribution is 0.0664. The van der Waals surface area contributed by atoms with Crippen molar-refractivity contribution in [2.45, 2.75) is 18.0 Å². The second-order valence-corrected chi connectivity index (χ2v) is 8.95. The number of imide groups is 1. The highest BCUT2D eigenvalue weighted by Gasteiger charge is 2.34. The lowest BCUT2D eigenvalue weighted by atomic mass is 10.1. The van der Waals surface area contributed by atoms with Crippen LogP contribution < -0.4 is 4.90 Å². The fourth-order valence-corrected chi connectivity index (χ4v) is 5.04. The largest absolute Gasteiger partial charge is 0.341 e. The summed E-state index contributed by atoms with van der Waals surface area (Å²) in [5.41, 5.74) is 1.83. The smallest absolute Gasteiger partial charge is 0.261 e. The first-order chi connectivity index (χ1) is 15.1. The number of aromatic nitrogens is 3. The standard InChI is InChI=1S/C22H20ClN5O2S/c23-15-6-5-7-16(14-15)28-21(26-10-3-4-11-26)24-25-22(28)31-13-12-27-19(29)17-8-1-2-9-18(17)20(27)30/h1-2,5-9,14H,3-4,10-13H2. The molecule has 2 aromatic carbocycles. The highest BCUT2D eigenvalue weighted by molar-refractivity contribution is 7.99. The summed E-state index contributed by atoms with van der Waals surface area (Å²) in [5.74, 6) is 0.831. The normalized spacial score (nSPS) is 15.8. The molecule has 1 saturated heterocycles. The van der Waals surface area contributed by atoms with Gasteiger partial charge in [0.2, 0.25) is 5.95 Å². The van der Waals surface area contributed by atoms with Crippen LogP contribution in [0, 0.1) is 0 Å². The summed E-state index contributed by atoms with van der Waals surface area (Å²) in [6.07, 6.45) is 2.26. The van der Waals surface area contributed by atoms with Crippen LogP contribution in [-0.2, 0) is 0 Å². The first-order valence-corrected chi connectivity index (χ1v) is 11.5. The number of rotatable bonds is 6. The van der Waals surface area contributed by atoms with Crippen molar-refractivity contribution in [1.82, 2.24) is 19.7 Å². The molecule has 1 fully saturated rings. The van der Waals surface area contributed by atoms with Gasteiger partial charge in [-0.2, -0.15) is 0 Å². The van der Waals surface area contributed by atoms with Crippen molar-refractivity contribution in [2.75, 3.05) is 30.3 Å². The summed E-state index contributed by atoms with van der Waals surface area (Å²) >= 11 is 7.71. The quantitative estimate of drug-likeness (QED) is 0.416. The molecule has 0 unspecified atom stereocenters. The third-order valence-corrected chi connectivity index (χ3v) is 6.64. The van der Waals surface area contributed by atoms with Gasteiger partial charge in [0, 0.05) is 30.4 Å². The van der Waals surface area contributed by atoms with Gasteiger partial charge >= 0.3 is 0 Å². The summed E-state index contributed by atoms with van der Waals surface area (Å²) in [4.78, 5) is 28.7. The average Bonchev–Trinajstić information content (AvgIpc) is 3.50. The zero-order valence-electron chi connectivity index (χ0n) is 16.7. The van der Waals surface area contributed by atoms with Crippen molar-refractivity contribution in [1.29, 1.82) is 0 Å². The number of benzene rings is 2. The Morgan fingerprint density at radius 3 is 2.32 bits per heavy atom. The maximum atomic E-state index is 12.6. The number of hydrogen-bond acceptors (Lipinski definition) is 6. The van der Waals surface area contributed by atoms with Gasteiger partial charge in [-0.3, -0.25) is 19.1 Å². The van der Waals surface area contributed by atoms with E-state index in [1.54, 1.807) is 24.3 Å². The monoisotopic (exact) mass is 453 g/mol. The van der Waals surface area contributed by atoms with E-state index in [1.807, 2.05) is 28.8 Å². The highest BCUT2D eigenvalue weighted by Crippen LogP contribution is 2.30. The van der Waals surface area contributed by atoms with E-state index in [4.69, 9.17) is 11.6 Å². The van der Waals surface area contributed by atoms with Crippen molar-refractivity contribution >= 4 is 41.1 Å². The van der Waals surface area contributed by atoms with E-state index in [2.05, 4.69) is 15.1 Å². The van der Waals surface area contributed by atoms with Crippen LogP contribution in [0.3, 0.4) is 0 Å². The van der Waals surface area contributed by atoms with Crippen molar-refractivity contribution in [3.63, 3.8) is 0 Å². The minimum absolute atomic E-state index is 0.240. The molecule has 1 aromatic heterocycles. The van der Waals surface area contributed by atoms with Gasteiger partial charge in [0.15, 0.2) is 5.16 Å². The van der Waals surface area contributed by atoms with E-state index >= 15 is 0 Å². The summed E-state index contributed by atoms with van der Waals surface area (Å²) in [5, 5.41) is 10.2. The molecule has 0 saturated carbocycles. The predicted octanol–water partition coefficient (Wildman–Crippen LogP) is 3.91. The van der Waals surface area contributed by atoms with Crippen LogP contribution >= 0.6 is 23.4 Å². The Kier molecular flexibility index (Phi) is 5.41. The van der Waals surface area contributed by atoms with Gasteiger partial charge in [-0.15, -0.1) is 10.2 Å². The first-order valence-electron chi connectivity index (χ1n) is 10.2. The van der Waals surface area contributed by atoms with E-state index in [0.29, 0.717) is 33.6 Å². The maximum absolute atomic E-state index is 12.6. The van der Waals surface area contributed by atoms with Gasteiger partial charge in [-0.05, 0) is 43.2 Å². The topological polar surface area (TPSA) is 71.3 Å². The lowest BCUT2D eigenvalue weighted by Gasteiger charge is -2.19. The number of hydrogen-bond donors (Lipinski definition) is 0. The molecule has 0 atom stereocenters. The molecule has 0 aliphatic carbocycles. The third-order valence-electron chi connectivity index (χ3n) is 5.50. The highest BCUT2D eigenvalue weighted by atomic mass is 35.5. The summed E-state index contributed by atoms with van der Waals surface area (Å²) in [6, 6.07) is 14.5. The molecule has 0 bridgehead atoms. The molecule has 7 nitrogen and oxygen atoms in total. The molecule has 158 valence electrons. The van der Waals surface area contributed by atoms with Crippen molar-refractivity contribution in [3.8, 4) is 5.69 Å². The van der Waals surface area contributed by atoms with E-state index in [0.717, 1.165) is 37.6 Å². The number of nitrogens with zero attached hydrogens (tertiary/aromatic N) is 5. The fraction of sp³-hybridized carbons (Fsp3) is 0.273. The Morgan fingerprint density at radius 2 is 1.65 bits per heavy atom. The molecule has 0 spiro atoms. The van der Waals surface area contributed by atoms with Gasteiger partial charge in [-0.1, -0.05) is 41.6 Å². The first kappa shape index (κ1) is 20.1. The molecule has 31 heavy (non-hydrogen) atoms. The number of anilines is 1. The van der Waals surface area contributed by atoms with Crippen LogP contribution in [-0.4, -0.2) is 56.9 Å². The van der Waals surface area contributed by atoms with Crippen LogP contribution in [0.25, 0.3) is 5.69 Å². The average molecular weight is 454 g/mol. The van der Waals surface area contributed by atoms with E-state index < -0.39 is 0 Å². The Morgan fingerprint density at radius 1 is 0.935 bits per heavy atom. The van der Waals surface area contributed by atoms with Gasteiger partial charge in [0.25, 0.3) is 11.8 Å². The summed E-state index contributed by atoms with van der Waals surface area (Å²) in [7, 11) is 0. The molecule has 0 N–H and O–H groups in total. The molecule has 2 aliphatic heterocycles. The number of fused-ring (bicyclic) bond motifs is 1. The van der Waals surface area contributed by atoms with Crippen molar-refractivity contribution in [2.24, 2.45) is 0 Å². The molecular weight excluding hydrogens is 434 g/mol. The van der Waals surface area contributed by atoms with E-state index in [9.17, 15) is 9.59 Å². The van der Waals surface area contributed by atoms with E-state index in [1.165, 1.54) is 16.7 Å². The van der Waals surface area contributed by atoms with Crippen LogP contribution in [0.2, 0.25) is 5.02 Å². The molecule has 9 heteroatoms. The third kappa shape index (κ3) is 3.70. The minimum atomic E-state index is -0.240. The van der Waals surface area contributed by atoms with Crippen LogP contribution in [0.15, 0.2) is 53.7 Å². The molecular formula is C22H20ClN5O2S. The van der Waals surface area contributed by atoms with Gasteiger partial charge < -0.3 is 4.90 Å². The number of amides is 2. The molecule has 5 rings (SSSR count). The SMILES string of the molecule is O=C1c2ccccc2C(=O)N1CCSc1nnc(N2CCCC2)n1-c1cccc(Cl)c1. The summed E-state index contributed by atoms with van der Waals surface area (Å²) in [6.45, 7) is 2.19. The van der Waals surface area contributed by atoms with Gasteiger partial charge in [0.05, 0.1) is 16.8 Å². The minimum Gasteiger partial charge on any atom is -0.341 e. The molecule has 2 aliphatic rings. The Bertz CT molecular complexity index is 1120. The second kappa shape index (κ2) is 8.36. The van der Waals surface area contributed by atoms with Crippen molar-refractivity contribution in [3.05, 3.63) is 64.7 Å². The fourth-order valence-electron chi connectivity index (χ4n) is 3.99. The molecule has 2 amide bonds. The molecule has 3 aromatic rings. The lowest BCUT2D eigenvalue weighted by Crippen LogP contribution is -2.31. The van der Waals surface area contributed by atoms with Gasteiger partial charge in [-0.25, -0.2) is 0 Å². The maximum Gasteiger partial charge on any atom is 0.261 e. The Labute approximate surface area is 189 Å². The summed E-state index contributed by atoms with van der Waals surface area (Å²) < 4.78 is 2.00. The van der Waals surface area contributed by atoms with Crippen molar-refractivity contribution < 1.29 is 9.59 Å². The number of carbonyl (C=O) groups excluding carboxylic acids is 2. The van der Waals surface area contributed by atoms with E-state index in [-0.39, 0.29) is 11.8 Å². The van der Waals surface area contributed by atoms with Crippen LogP contribution in [0.1, 0.15) is 33.6 Å². The molecule has 3 heterocycles. The Hall–Kier alpha value is -2.84.